The van der Waals surface area contributed by atoms with E-state index in [-0.39, 0.29) is 48.2 Å². The van der Waals surface area contributed by atoms with E-state index < -0.39 is 23.3 Å². The second-order valence-corrected chi connectivity index (χ2v) is 11.7. The average Bonchev–Trinajstić information content (AvgIpc) is 3.54. The number of aromatic hydroxyl groups is 1. The number of nitrogens with one attached hydrogen (secondary N) is 1. The van der Waals surface area contributed by atoms with Gasteiger partial charge in [0, 0.05) is 69.3 Å². The molecule has 0 unspecified atom stereocenters. The highest BCUT2D eigenvalue weighted by Crippen LogP contribution is 2.42. The number of alkyl halides is 2. The first-order valence-corrected chi connectivity index (χ1v) is 13.7. The highest BCUT2D eigenvalue weighted by atomic mass is 19.3. The van der Waals surface area contributed by atoms with Crippen LogP contribution in [0.3, 0.4) is 0 Å². The highest BCUT2D eigenvalue weighted by molar-refractivity contribution is 5.97. The summed E-state index contributed by atoms with van der Waals surface area (Å²) in [5.41, 5.74) is -0.307. The number of piperazine rings is 1. The van der Waals surface area contributed by atoms with Crippen molar-refractivity contribution in [2.45, 2.75) is 71.0 Å². The SMILES string of the molecule is CC(C)Cn1c(O)c(C(=O)NC2CC2)c(=O)n2ncc(/C=C/C(=O)N3CCN(CC4CC(F)(F)C4)C[C@H]3C)c12. The van der Waals surface area contributed by atoms with Crippen molar-refractivity contribution in [3.63, 3.8) is 0 Å². The van der Waals surface area contributed by atoms with Crippen LogP contribution in [0.2, 0.25) is 0 Å². The average molecular weight is 547 g/mol. The standard InChI is InChI=1S/C27H36F2N6O4/c1-16(2)13-34-24-19(12-30-35(24)26(39)22(25(34)38)23(37)31-20-5-6-20)4-7-21(36)33-9-8-32(14-17(33)3)15-18-10-27(28,29)11-18/h4,7,12,16-18,20,38H,5-6,8-11,13-15H2,1-3H3,(H,31,37)/b7-4+/t17-/m1/s1. The fourth-order valence-corrected chi connectivity index (χ4v) is 5.61. The summed E-state index contributed by atoms with van der Waals surface area (Å²) in [7, 11) is 0. The maximum atomic E-state index is 13.2. The van der Waals surface area contributed by atoms with Crippen molar-refractivity contribution in [3.8, 4) is 5.88 Å². The summed E-state index contributed by atoms with van der Waals surface area (Å²) in [6.07, 6.45) is 5.99. The predicted molar refractivity (Wildman–Crippen MR) is 141 cm³/mol. The van der Waals surface area contributed by atoms with Crippen LogP contribution in [-0.2, 0) is 11.3 Å². The van der Waals surface area contributed by atoms with Crippen LogP contribution in [0.4, 0.5) is 8.78 Å². The summed E-state index contributed by atoms with van der Waals surface area (Å²) in [6, 6.07) is -0.0732. The van der Waals surface area contributed by atoms with Crippen LogP contribution in [0.25, 0.3) is 11.7 Å². The second-order valence-electron chi connectivity index (χ2n) is 11.7. The molecule has 0 spiro atoms. The molecule has 0 radical (unpaired) electrons. The maximum absolute atomic E-state index is 13.2. The molecule has 1 aliphatic heterocycles. The molecule has 212 valence electrons. The minimum atomic E-state index is -2.53. The number of aromatic nitrogens is 3. The van der Waals surface area contributed by atoms with Crippen molar-refractivity contribution >= 4 is 23.5 Å². The first-order chi connectivity index (χ1) is 18.4. The normalized spacial score (nSPS) is 22.1. The number of fused-ring (bicyclic) bond motifs is 1. The van der Waals surface area contributed by atoms with Crippen molar-refractivity contribution in [1.82, 2.24) is 29.3 Å². The molecule has 2 saturated carbocycles. The van der Waals surface area contributed by atoms with Crippen molar-refractivity contribution < 1.29 is 23.5 Å². The van der Waals surface area contributed by atoms with E-state index in [2.05, 4.69) is 15.3 Å². The fourth-order valence-electron chi connectivity index (χ4n) is 5.61. The lowest BCUT2D eigenvalue weighted by Gasteiger charge is -2.43. The summed E-state index contributed by atoms with van der Waals surface area (Å²) in [5, 5.41) is 18.0. The number of hydrogen-bond acceptors (Lipinski definition) is 6. The molecule has 2 aromatic rings. The molecule has 3 heterocycles. The van der Waals surface area contributed by atoms with Gasteiger partial charge in [0.25, 0.3) is 11.5 Å². The molecular formula is C27H36F2N6O4. The smallest absolute Gasteiger partial charge is 0.291 e. The zero-order valence-electron chi connectivity index (χ0n) is 22.6. The third-order valence-electron chi connectivity index (χ3n) is 7.69. The number of hydrogen-bond donors (Lipinski definition) is 2. The Morgan fingerprint density at radius 1 is 1.26 bits per heavy atom. The molecule has 1 saturated heterocycles. The molecule has 12 heteroatoms. The van der Waals surface area contributed by atoms with Gasteiger partial charge < -0.3 is 15.3 Å². The highest BCUT2D eigenvalue weighted by Gasteiger charge is 2.46. The summed E-state index contributed by atoms with van der Waals surface area (Å²) >= 11 is 0. The first kappa shape index (κ1) is 27.3. The van der Waals surface area contributed by atoms with Crippen LogP contribution in [0.15, 0.2) is 17.1 Å². The third-order valence-corrected chi connectivity index (χ3v) is 7.69. The third kappa shape index (κ3) is 5.70. The molecule has 10 nitrogen and oxygen atoms in total. The summed E-state index contributed by atoms with van der Waals surface area (Å²) in [4.78, 5) is 42.9. The van der Waals surface area contributed by atoms with Crippen LogP contribution in [0.5, 0.6) is 5.88 Å². The number of amides is 2. The van der Waals surface area contributed by atoms with Crippen LogP contribution in [0.1, 0.15) is 62.4 Å². The Hall–Kier alpha value is -3.28. The van der Waals surface area contributed by atoms with E-state index in [4.69, 9.17) is 0 Å². The Morgan fingerprint density at radius 2 is 1.97 bits per heavy atom. The van der Waals surface area contributed by atoms with Gasteiger partial charge in [0.05, 0.1) is 6.20 Å². The zero-order valence-corrected chi connectivity index (χ0v) is 22.6. The molecule has 5 rings (SSSR count). The van der Waals surface area contributed by atoms with E-state index in [0.717, 1.165) is 17.4 Å². The minimum absolute atomic E-state index is 0.00474. The lowest BCUT2D eigenvalue weighted by molar-refractivity contribution is -0.132. The number of halogens is 2. The van der Waals surface area contributed by atoms with Gasteiger partial charge in [-0.2, -0.15) is 9.61 Å². The van der Waals surface area contributed by atoms with Crippen LogP contribution in [0, 0.1) is 11.8 Å². The fraction of sp³-hybridized carbons (Fsp3) is 0.630. The molecular weight excluding hydrogens is 510 g/mol. The van der Waals surface area contributed by atoms with E-state index >= 15 is 0 Å². The van der Waals surface area contributed by atoms with Crippen molar-refractivity contribution in [3.05, 3.63) is 33.8 Å². The lowest BCUT2D eigenvalue weighted by atomic mass is 9.81. The Morgan fingerprint density at radius 3 is 2.59 bits per heavy atom. The van der Waals surface area contributed by atoms with E-state index in [1.807, 2.05) is 20.8 Å². The number of rotatable bonds is 8. The largest absolute Gasteiger partial charge is 0.494 e. The van der Waals surface area contributed by atoms with Gasteiger partial charge in [-0.3, -0.25) is 23.9 Å². The number of nitrogens with zero attached hydrogens (tertiary/aromatic N) is 5. The Kier molecular flexibility index (Phi) is 7.25. The monoisotopic (exact) mass is 546 g/mol. The number of carbonyl (C=O) groups excluding carboxylic acids is 2. The molecule has 3 fully saturated rings. The van der Waals surface area contributed by atoms with Crippen LogP contribution >= 0.6 is 0 Å². The first-order valence-electron chi connectivity index (χ1n) is 13.7. The van der Waals surface area contributed by atoms with Crippen molar-refractivity contribution in [1.29, 1.82) is 0 Å². The van der Waals surface area contributed by atoms with Gasteiger partial charge in [-0.25, -0.2) is 8.78 Å². The van der Waals surface area contributed by atoms with Gasteiger partial charge in [-0.15, -0.1) is 0 Å². The van der Waals surface area contributed by atoms with E-state index in [0.29, 0.717) is 43.9 Å². The zero-order chi connectivity index (χ0) is 28.1. The van der Waals surface area contributed by atoms with E-state index in [1.165, 1.54) is 16.8 Å². The topological polar surface area (TPSA) is 112 Å². The summed E-state index contributed by atoms with van der Waals surface area (Å²) in [6.45, 7) is 8.51. The molecule has 1 atom stereocenters. The van der Waals surface area contributed by atoms with Gasteiger partial charge >= 0.3 is 0 Å². The van der Waals surface area contributed by atoms with E-state index in [9.17, 15) is 28.3 Å². The van der Waals surface area contributed by atoms with Gasteiger partial charge in [0.1, 0.15) is 5.65 Å². The summed E-state index contributed by atoms with van der Waals surface area (Å²) < 4.78 is 29.0. The van der Waals surface area contributed by atoms with Crippen LogP contribution in [-0.4, -0.2) is 85.1 Å². The Labute approximate surface area is 225 Å². The molecule has 2 aliphatic carbocycles. The molecule has 3 aliphatic rings. The molecule has 0 aromatic carbocycles. The molecule has 2 amide bonds. The molecule has 0 bridgehead atoms. The molecule has 2 N–H and O–H groups in total. The lowest BCUT2D eigenvalue weighted by Crippen LogP contribution is -2.55. The quantitative estimate of drug-likeness (QED) is 0.492. The van der Waals surface area contributed by atoms with E-state index in [1.54, 1.807) is 11.0 Å². The Balaban J connectivity index is 1.34. The van der Waals surface area contributed by atoms with Gasteiger partial charge in [-0.1, -0.05) is 13.8 Å². The van der Waals surface area contributed by atoms with Gasteiger partial charge in [0.2, 0.25) is 17.7 Å². The van der Waals surface area contributed by atoms with Crippen LogP contribution < -0.4 is 10.9 Å². The summed E-state index contributed by atoms with van der Waals surface area (Å²) in [5.74, 6) is -3.70. The Bertz CT molecular complexity index is 1350. The van der Waals surface area contributed by atoms with Gasteiger partial charge in [-0.05, 0) is 37.7 Å². The molecule has 2 aromatic heterocycles. The van der Waals surface area contributed by atoms with Crippen molar-refractivity contribution in [2.75, 3.05) is 26.2 Å². The number of carbonyl (C=O) groups is 2. The van der Waals surface area contributed by atoms with Gasteiger partial charge in [0.15, 0.2) is 5.56 Å². The van der Waals surface area contributed by atoms with Crippen molar-refractivity contribution in [2.24, 2.45) is 11.8 Å². The minimum Gasteiger partial charge on any atom is -0.494 e. The molecule has 39 heavy (non-hydrogen) atoms. The predicted octanol–water partition coefficient (Wildman–Crippen LogP) is 2.34. The second kappa shape index (κ2) is 10.4. The maximum Gasteiger partial charge on any atom is 0.291 e.